The third kappa shape index (κ3) is 3.46. The second kappa shape index (κ2) is 7.77. The van der Waals surface area contributed by atoms with E-state index < -0.39 is 11.6 Å². The maximum Gasteiger partial charge on any atom is 0.166 e. The Morgan fingerprint density at radius 1 is 0.500 bits per heavy atom. The molecule has 0 spiro atoms. The minimum Gasteiger partial charge on any atom is -0.203 e. The van der Waals surface area contributed by atoms with Crippen LogP contribution in [0.1, 0.15) is 12.5 Å². The number of rotatable bonds is 4. The van der Waals surface area contributed by atoms with Crippen LogP contribution in [0, 0.1) is 11.6 Å². The fourth-order valence-corrected chi connectivity index (χ4v) is 3.41. The molecule has 0 heterocycles. The van der Waals surface area contributed by atoms with Gasteiger partial charge in [0.25, 0.3) is 0 Å². The summed E-state index contributed by atoms with van der Waals surface area (Å²) in [6, 6.07) is 29.4. The molecule has 0 fully saturated rings. The van der Waals surface area contributed by atoms with Crippen LogP contribution in [0.3, 0.4) is 0 Å². The molecule has 0 saturated heterocycles. The summed E-state index contributed by atoms with van der Waals surface area (Å²) in [5, 5.41) is 0. The molecular weight excluding hydrogens is 350 g/mol. The highest BCUT2D eigenvalue weighted by atomic mass is 19.2. The zero-order valence-corrected chi connectivity index (χ0v) is 15.6. The van der Waals surface area contributed by atoms with Gasteiger partial charge in [0, 0.05) is 5.56 Å². The number of hydrogen-bond donors (Lipinski definition) is 0. The van der Waals surface area contributed by atoms with Gasteiger partial charge in [-0.05, 0) is 39.8 Å². The molecule has 28 heavy (non-hydrogen) atoms. The molecule has 0 aromatic heterocycles. The van der Waals surface area contributed by atoms with Gasteiger partial charge in [0.15, 0.2) is 11.6 Å². The minimum absolute atomic E-state index is 0.292. The monoisotopic (exact) mass is 370 g/mol. The van der Waals surface area contributed by atoms with E-state index in [4.69, 9.17) is 0 Å². The standard InChI is InChI=1S/C26H20F2/c1-2-18-16-17-24(26(28)25(18)27)23-14-12-22(13-15-23)21-10-8-20(9-11-21)19-6-4-3-5-7-19/h3-17H,2H2,1H3. The second-order valence-electron chi connectivity index (χ2n) is 6.77. The van der Waals surface area contributed by atoms with Gasteiger partial charge in [-0.3, -0.25) is 0 Å². The largest absolute Gasteiger partial charge is 0.203 e. The molecular formula is C26H20F2. The minimum atomic E-state index is -0.778. The maximum atomic E-state index is 14.4. The fourth-order valence-electron chi connectivity index (χ4n) is 3.41. The van der Waals surface area contributed by atoms with Crippen molar-refractivity contribution in [2.75, 3.05) is 0 Å². The summed E-state index contributed by atoms with van der Waals surface area (Å²) in [4.78, 5) is 0. The van der Waals surface area contributed by atoms with Crippen molar-refractivity contribution >= 4 is 0 Å². The van der Waals surface area contributed by atoms with Crippen LogP contribution in [0.4, 0.5) is 8.78 Å². The van der Waals surface area contributed by atoms with Crippen molar-refractivity contribution in [3.63, 3.8) is 0 Å². The molecule has 0 aliphatic rings. The van der Waals surface area contributed by atoms with Crippen LogP contribution in [-0.2, 0) is 6.42 Å². The van der Waals surface area contributed by atoms with Gasteiger partial charge < -0.3 is 0 Å². The third-order valence-corrected chi connectivity index (χ3v) is 5.06. The molecule has 0 atom stereocenters. The van der Waals surface area contributed by atoms with Crippen molar-refractivity contribution in [1.82, 2.24) is 0 Å². The molecule has 0 saturated carbocycles. The van der Waals surface area contributed by atoms with Crippen LogP contribution in [-0.4, -0.2) is 0 Å². The fraction of sp³-hybridized carbons (Fsp3) is 0.0769. The zero-order chi connectivity index (χ0) is 19.5. The van der Waals surface area contributed by atoms with E-state index in [2.05, 4.69) is 36.4 Å². The van der Waals surface area contributed by atoms with Gasteiger partial charge in [-0.15, -0.1) is 0 Å². The van der Waals surface area contributed by atoms with E-state index in [1.54, 1.807) is 12.1 Å². The summed E-state index contributed by atoms with van der Waals surface area (Å²) in [5.41, 5.74) is 5.82. The van der Waals surface area contributed by atoms with E-state index in [1.165, 1.54) is 5.56 Å². The smallest absolute Gasteiger partial charge is 0.166 e. The lowest BCUT2D eigenvalue weighted by Crippen LogP contribution is -1.95. The first-order valence-corrected chi connectivity index (χ1v) is 9.40. The van der Waals surface area contributed by atoms with Crippen molar-refractivity contribution < 1.29 is 8.78 Å². The predicted octanol–water partition coefficient (Wildman–Crippen LogP) is 7.53. The van der Waals surface area contributed by atoms with Crippen LogP contribution in [0.2, 0.25) is 0 Å². The summed E-state index contributed by atoms with van der Waals surface area (Å²) >= 11 is 0. The van der Waals surface area contributed by atoms with E-state index in [1.807, 2.05) is 49.4 Å². The lowest BCUT2D eigenvalue weighted by atomic mass is 9.97. The van der Waals surface area contributed by atoms with Crippen molar-refractivity contribution in [3.05, 3.63) is 108 Å². The van der Waals surface area contributed by atoms with E-state index >= 15 is 0 Å². The molecule has 138 valence electrons. The van der Waals surface area contributed by atoms with E-state index in [9.17, 15) is 8.78 Å². The first-order chi connectivity index (χ1) is 13.7. The van der Waals surface area contributed by atoms with Gasteiger partial charge in [0.05, 0.1) is 0 Å². The summed E-state index contributed by atoms with van der Waals surface area (Å²) in [6.45, 7) is 1.81. The Labute approximate surface area is 164 Å². The van der Waals surface area contributed by atoms with Crippen molar-refractivity contribution in [2.45, 2.75) is 13.3 Å². The Morgan fingerprint density at radius 3 is 1.46 bits per heavy atom. The summed E-state index contributed by atoms with van der Waals surface area (Å²) in [6.07, 6.45) is 0.473. The topological polar surface area (TPSA) is 0 Å². The van der Waals surface area contributed by atoms with E-state index in [0.717, 1.165) is 16.7 Å². The van der Waals surface area contributed by atoms with Crippen LogP contribution in [0.5, 0.6) is 0 Å². The van der Waals surface area contributed by atoms with E-state index in [0.29, 0.717) is 23.1 Å². The Balaban J connectivity index is 1.61. The van der Waals surface area contributed by atoms with Crippen LogP contribution >= 0.6 is 0 Å². The number of hydrogen-bond acceptors (Lipinski definition) is 0. The van der Waals surface area contributed by atoms with Crippen molar-refractivity contribution in [1.29, 1.82) is 0 Å². The van der Waals surface area contributed by atoms with Crippen LogP contribution in [0.15, 0.2) is 91.0 Å². The molecule has 4 rings (SSSR count). The molecule has 4 aromatic rings. The van der Waals surface area contributed by atoms with Gasteiger partial charge in [-0.1, -0.05) is 97.9 Å². The second-order valence-corrected chi connectivity index (χ2v) is 6.77. The molecule has 0 aliphatic carbocycles. The highest BCUT2D eigenvalue weighted by Gasteiger charge is 2.13. The van der Waals surface area contributed by atoms with E-state index in [-0.39, 0.29) is 0 Å². The number of aryl methyl sites for hydroxylation is 1. The highest BCUT2D eigenvalue weighted by molar-refractivity contribution is 5.73. The first kappa shape index (κ1) is 18.1. The van der Waals surface area contributed by atoms with Gasteiger partial charge in [-0.25, -0.2) is 8.78 Å². The van der Waals surface area contributed by atoms with Gasteiger partial charge in [-0.2, -0.15) is 0 Å². The average molecular weight is 370 g/mol. The van der Waals surface area contributed by atoms with Gasteiger partial charge in [0.1, 0.15) is 0 Å². The van der Waals surface area contributed by atoms with Gasteiger partial charge >= 0.3 is 0 Å². The predicted molar refractivity (Wildman–Crippen MR) is 112 cm³/mol. The van der Waals surface area contributed by atoms with Crippen molar-refractivity contribution in [2.24, 2.45) is 0 Å². The normalized spacial score (nSPS) is 10.8. The Morgan fingerprint density at radius 2 is 0.964 bits per heavy atom. The molecule has 0 nitrogen and oxygen atoms in total. The van der Waals surface area contributed by atoms with Crippen LogP contribution < -0.4 is 0 Å². The SMILES string of the molecule is CCc1ccc(-c2ccc(-c3ccc(-c4ccccc4)cc3)cc2)c(F)c1F. The summed E-state index contributed by atoms with van der Waals surface area (Å²) < 4.78 is 28.5. The molecule has 0 bridgehead atoms. The van der Waals surface area contributed by atoms with Crippen LogP contribution in [0.25, 0.3) is 33.4 Å². The maximum absolute atomic E-state index is 14.4. The molecule has 4 aromatic carbocycles. The van der Waals surface area contributed by atoms with Gasteiger partial charge in [0.2, 0.25) is 0 Å². The lowest BCUT2D eigenvalue weighted by Gasteiger charge is -2.09. The lowest BCUT2D eigenvalue weighted by molar-refractivity contribution is 0.502. The molecule has 0 N–H and O–H groups in total. The molecule has 0 radical (unpaired) electrons. The first-order valence-electron chi connectivity index (χ1n) is 9.40. The Kier molecular flexibility index (Phi) is 5.03. The molecule has 0 unspecified atom stereocenters. The Bertz CT molecular complexity index is 1080. The van der Waals surface area contributed by atoms with Crippen molar-refractivity contribution in [3.8, 4) is 33.4 Å². The molecule has 0 aliphatic heterocycles. The highest BCUT2D eigenvalue weighted by Crippen LogP contribution is 2.30. The summed E-state index contributed by atoms with van der Waals surface area (Å²) in [5.74, 6) is -1.53. The zero-order valence-electron chi connectivity index (χ0n) is 15.6. The number of benzene rings is 4. The average Bonchev–Trinajstić information content (AvgIpc) is 2.76. The number of halogens is 2. The molecule has 2 heteroatoms. The quantitative estimate of drug-likeness (QED) is 0.348. The third-order valence-electron chi connectivity index (χ3n) is 5.06. The Hall–Kier alpha value is -3.26. The molecule has 0 amide bonds. The summed E-state index contributed by atoms with van der Waals surface area (Å²) in [7, 11) is 0.